The third-order valence-corrected chi connectivity index (χ3v) is 7.22. The second-order valence-electron chi connectivity index (χ2n) is 9.28. The number of nitrogens with zero attached hydrogens (tertiary/aromatic N) is 3. The maximum Gasteiger partial charge on any atom is 0.234 e. The number of rotatable bonds is 5. The van der Waals surface area contributed by atoms with E-state index in [-0.39, 0.29) is 23.3 Å². The number of fused-ring (bicyclic) bond motifs is 1. The smallest absolute Gasteiger partial charge is 0.234 e. The lowest BCUT2D eigenvalue weighted by atomic mass is 9.80. The van der Waals surface area contributed by atoms with Crippen molar-refractivity contribution in [2.45, 2.75) is 63.5 Å². The molecule has 1 aromatic carbocycles. The van der Waals surface area contributed by atoms with Gasteiger partial charge in [0.1, 0.15) is 0 Å². The van der Waals surface area contributed by atoms with Crippen molar-refractivity contribution in [1.29, 1.82) is 0 Å². The quantitative estimate of drug-likeness (QED) is 0.843. The van der Waals surface area contributed by atoms with E-state index in [1.165, 1.54) is 18.4 Å². The number of likely N-dealkylation sites (tertiary alicyclic amines) is 1. The molecule has 5 rings (SSSR count). The molecule has 1 saturated heterocycles. The lowest BCUT2D eigenvalue weighted by Crippen LogP contribution is -2.40. The molecule has 1 N–H and O–H groups in total. The zero-order valence-corrected chi connectivity index (χ0v) is 17.1. The lowest BCUT2D eigenvalue weighted by molar-refractivity contribution is -0.125. The molecule has 0 bridgehead atoms. The molecule has 2 aliphatic carbocycles. The SMILES string of the molecule is Cc1noc(C23CC(NC(=O)C4CCCC4)CC2CN(Cc2ccccc2)C3)n1. The first-order valence-corrected chi connectivity index (χ1v) is 11.0. The fraction of sp³-hybridized carbons (Fsp3) is 0.609. The first-order chi connectivity index (χ1) is 14.1. The van der Waals surface area contributed by atoms with Gasteiger partial charge in [-0.05, 0) is 44.1 Å². The Morgan fingerprint density at radius 2 is 2.07 bits per heavy atom. The summed E-state index contributed by atoms with van der Waals surface area (Å²) in [5.41, 5.74) is 1.18. The van der Waals surface area contributed by atoms with Gasteiger partial charge in [-0.15, -0.1) is 0 Å². The van der Waals surface area contributed by atoms with Crippen LogP contribution in [0, 0.1) is 18.8 Å². The van der Waals surface area contributed by atoms with Crippen LogP contribution in [0.5, 0.6) is 0 Å². The number of amides is 1. The summed E-state index contributed by atoms with van der Waals surface area (Å²) in [4.78, 5) is 19.8. The van der Waals surface area contributed by atoms with Crippen LogP contribution >= 0.6 is 0 Å². The number of hydrogen-bond donors (Lipinski definition) is 1. The van der Waals surface area contributed by atoms with Crippen LogP contribution < -0.4 is 5.32 Å². The van der Waals surface area contributed by atoms with Gasteiger partial charge in [0.25, 0.3) is 0 Å². The van der Waals surface area contributed by atoms with Gasteiger partial charge in [-0.2, -0.15) is 4.98 Å². The zero-order valence-electron chi connectivity index (χ0n) is 17.1. The summed E-state index contributed by atoms with van der Waals surface area (Å²) in [5, 5.41) is 7.45. The average Bonchev–Trinajstić information content (AvgIpc) is 3.46. The number of carbonyl (C=O) groups excluding carboxylic acids is 1. The Balaban J connectivity index is 1.33. The third kappa shape index (κ3) is 3.59. The van der Waals surface area contributed by atoms with Crippen molar-refractivity contribution in [2.75, 3.05) is 13.1 Å². The van der Waals surface area contributed by atoms with Gasteiger partial charge in [-0.1, -0.05) is 48.3 Å². The molecule has 3 fully saturated rings. The summed E-state index contributed by atoms with van der Waals surface area (Å²) in [7, 11) is 0. The molecule has 2 saturated carbocycles. The molecule has 3 unspecified atom stereocenters. The standard InChI is InChI=1S/C23H30N4O2/c1-16-24-22(29-26-16)23-12-20(25-21(28)18-9-5-6-10-18)11-19(23)14-27(15-23)13-17-7-3-2-4-8-17/h2-4,7-8,18-20H,5-6,9-15H2,1H3,(H,25,28). The van der Waals surface area contributed by atoms with E-state index >= 15 is 0 Å². The van der Waals surface area contributed by atoms with E-state index in [1.54, 1.807) is 0 Å². The zero-order chi connectivity index (χ0) is 19.8. The van der Waals surface area contributed by atoms with Crippen LogP contribution in [0.3, 0.4) is 0 Å². The lowest BCUT2D eigenvalue weighted by Gasteiger charge is -2.26. The second-order valence-corrected chi connectivity index (χ2v) is 9.28. The van der Waals surface area contributed by atoms with Crippen molar-refractivity contribution in [3.05, 3.63) is 47.6 Å². The highest BCUT2D eigenvalue weighted by Gasteiger charge is 2.57. The minimum absolute atomic E-state index is 0.149. The number of aryl methyl sites for hydroxylation is 1. The number of hydrogen-bond acceptors (Lipinski definition) is 5. The van der Waals surface area contributed by atoms with Crippen molar-refractivity contribution >= 4 is 5.91 Å². The van der Waals surface area contributed by atoms with Gasteiger partial charge in [-0.3, -0.25) is 9.69 Å². The van der Waals surface area contributed by atoms with E-state index in [1.807, 2.05) is 6.92 Å². The van der Waals surface area contributed by atoms with Gasteiger partial charge < -0.3 is 9.84 Å². The molecule has 154 valence electrons. The number of aromatic nitrogens is 2. The molecular weight excluding hydrogens is 364 g/mol. The first kappa shape index (κ1) is 18.8. The molecular formula is C23H30N4O2. The molecule has 2 heterocycles. The van der Waals surface area contributed by atoms with E-state index < -0.39 is 0 Å². The fourth-order valence-corrected chi connectivity index (χ4v) is 5.88. The summed E-state index contributed by atoms with van der Waals surface area (Å²) in [5.74, 6) is 2.35. The minimum atomic E-state index is -0.149. The normalized spacial score (nSPS) is 30.0. The van der Waals surface area contributed by atoms with Gasteiger partial charge in [0.05, 0.1) is 5.41 Å². The molecule has 0 radical (unpaired) electrons. The maximum atomic E-state index is 12.7. The Morgan fingerprint density at radius 3 is 2.79 bits per heavy atom. The molecule has 6 heteroatoms. The number of carbonyl (C=O) groups is 1. The predicted molar refractivity (Wildman–Crippen MR) is 109 cm³/mol. The predicted octanol–water partition coefficient (Wildman–Crippen LogP) is 3.22. The minimum Gasteiger partial charge on any atom is -0.353 e. The van der Waals surface area contributed by atoms with E-state index in [9.17, 15) is 4.79 Å². The van der Waals surface area contributed by atoms with Crippen molar-refractivity contribution in [3.8, 4) is 0 Å². The monoisotopic (exact) mass is 394 g/mol. The van der Waals surface area contributed by atoms with Gasteiger partial charge >= 0.3 is 0 Å². The van der Waals surface area contributed by atoms with E-state index in [0.717, 1.165) is 51.2 Å². The molecule has 3 aliphatic rings. The highest BCUT2D eigenvalue weighted by Crippen LogP contribution is 2.50. The number of nitrogens with one attached hydrogen (secondary N) is 1. The van der Waals surface area contributed by atoms with E-state index in [4.69, 9.17) is 4.52 Å². The second kappa shape index (κ2) is 7.56. The third-order valence-electron chi connectivity index (χ3n) is 7.22. The number of benzene rings is 1. The van der Waals surface area contributed by atoms with Crippen LogP contribution in [-0.2, 0) is 16.8 Å². The topological polar surface area (TPSA) is 71.3 Å². The molecule has 1 aromatic heterocycles. The van der Waals surface area contributed by atoms with Gasteiger partial charge in [0.2, 0.25) is 11.8 Å². The van der Waals surface area contributed by atoms with E-state index in [0.29, 0.717) is 11.7 Å². The first-order valence-electron chi connectivity index (χ1n) is 11.0. The van der Waals surface area contributed by atoms with Gasteiger partial charge in [0.15, 0.2) is 5.82 Å². The molecule has 0 spiro atoms. The Labute approximate surface area is 172 Å². The van der Waals surface area contributed by atoms with Crippen molar-refractivity contribution in [1.82, 2.24) is 20.4 Å². The molecule has 1 aliphatic heterocycles. The fourth-order valence-electron chi connectivity index (χ4n) is 5.88. The van der Waals surface area contributed by atoms with Gasteiger partial charge in [-0.25, -0.2) is 0 Å². The summed E-state index contributed by atoms with van der Waals surface area (Å²) in [6.07, 6.45) is 6.34. The molecule has 6 nitrogen and oxygen atoms in total. The highest BCUT2D eigenvalue weighted by molar-refractivity contribution is 5.79. The Hall–Kier alpha value is -2.21. The molecule has 3 atom stereocenters. The molecule has 2 aromatic rings. The van der Waals surface area contributed by atoms with E-state index in [2.05, 4.69) is 50.7 Å². The van der Waals surface area contributed by atoms with Crippen LogP contribution in [0.1, 0.15) is 55.8 Å². The van der Waals surface area contributed by atoms with Crippen molar-refractivity contribution in [2.24, 2.45) is 11.8 Å². The summed E-state index contributed by atoms with van der Waals surface area (Å²) >= 11 is 0. The largest absolute Gasteiger partial charge is 0.353 e. The maximum absolute atomic E-state index is 12.7. The Bertz CT molecular complexity index is 861. The Morgan fingerprint density at radius 1 is 1.28 bits per heavy atom. The van der Waals surface area contributed by atoms with Crippen LogP contribution in [-0.4, -0.2) is 40.1 Å². The summed E-state index contributed by atoms with van der Waals surface area (Å²) < 4.78 is 5.70. The van der Waals surface area contributed by atoms with Crippen molar-refractivity contribution in [3.63, 3.8) is 0 Å². The molecule has 29 heavy (non-hydrogen) atoms. The average molecular weight is 395 g/mol. The van der Waals surface area contributed by atoms with Crippen molar-refractivity contribution < 1.29 is 9.32 Å². The summed E-state index contributed by atoms with van der Waals surface area (Å²) in [6, 6.07) is 10.8. The van der Waals surface area contributed by atoms with Crippen LogP contribution in [0.15, 0.2) is 34.9 Å². The van der Waals surface area contributed by atoms with Gasteiger partial charge in [0, 0.05) is 31.6 Å². The van der Waals surface area contributed by atoms with Crippen LogP contribution in [0.25, 0.3) is 0 Å². The summed E-state index contributed by atoms with van der Waals surface area (Å²) in [6.45, 7) is 4.73. The Kier molecular flexibility index (Phi) is 4.90. The van der Waals surface area contributed by atoms with Crippen LogP contribution in [0.4, 0.5) is 0 Å². The van der Waals surface area contributed by atoms with Crippen LogP contribution in [0.2, 0.25) is 0 Å². The highest BCUT2D eigenvalue weighted by atomic mass is 16.5. The molecule has 1 amide bonds.